The van der Waals surface area contributed by atoms with Gasteiger partial charge >= 0.3 is 0 Å². The molecule has 3 fully saturated rings. The molecular weight excluding hydrogens is 506 g/mol. The lowest BCUT2D eigenvalue weighted by Gasteiger charge is -2.49. The van der Waals surface area contributed by atoms with E-state index in [9.17, 15) is 45.6 Å². The summed E-state index contributed by atoms with van der Waals surface area (Å²) >= 11 is 0. The number of carbonyl (C=O) groups is 1. The zero-order valence-electron chi connectivity index (χ0n) is 20.5. The number of hydrogen-bond acceptors (Lipinski definition) is 15. The van der Waals surface area contributed by atoms with Crippen molar-refractivity contribution in [1.29, 1.82) is 0 Å². The van der Waals surface area contributed by atoms with Crippen molar-refractivity contribution in [3.8, 4) is 0 Å². The Hall–Kier alpha value is -1.09. The molecule has 3 rings (SSSR count). The van der Waals surface area contributed by atoms with Crippen molar-refractivity contribution in [1.82, 2.24) is 5.32 Å². The van der Waals surface area contributed by atoms with E-state index in [1.54, 1.807) is 0 Å². The minimum Gasteiger partial charge on any atom is -0.394 e. The molecule has 0 aliphatic carbocycles. The van der Waals surface area contributed by atoms with E-state index >= 15 is 0 Å². The van der Waals surface area contributed by atoms with E-state index in [4.69, 9.17) is 28.4 Å². The molecule has 9 N–H and O–H groups in total. The van der Waals surface area contributed by atoms with Crippen LogP contribution >= 0.6 is 0 Å². The van der Waals surface area contributed by atoms with Crippen LogP contribution in [0.4, 0.5) is 0 Å². The number of methoxy groups -OCH3 is 1. The molecule has 1 amide bonds. The summed E-state index contributed by atoms with van der Waals surface area (Å²) in [7, 11) is 1.22. The third kappa shape index (κ3) is 6.39. The van der Waals surface area contributed by atoms with Crippen LogP contribution in [0.2, 0.25) is 0 Å². The molecule has 216 valence electrons. The highest BCUT2D eigenvalue weighted by Gasteiger charge is 2.54. The van der Waals surface area contributed by atoms with Crippen LogP contribution in [0, 0.1) is 0 Å². The van der Waals surface area contributed by atoms with Crippen molar-refractivity contribution in [3.63, 3.8) is 0 Å². The smallest absolute Gasteiger partial charge is 0.217 e. The van der Waals surface area contributed by atoms with Gasteiger partial charge in [0.05, 0.1) is 19.3 Å². The average Bonchev–Trinajstić information content (AvgIpc) is 2.86. The highest BCUT2D eigenvalue weighted by Crippen LogP contribution is 2.33. The fraction of sp³-hybridized carbons (Fsp3) is 0.952. The zero-order valence-corrected chi connectivity index (χ0v) is 20.5. The van der Waals surface area contributed by atoms with Crippen molar-refractivity contribution < 1.29 is 74.1 Å². The quantitative estimate of drug-likeness (QED) is 0.138. The van der Waals surface area contributed by atoms with E-state index < -0.39 is 111 Å². The van der Waals surface area contributed by atoms with Crippen LogP contribution in [0.3, 0.4) is 0 Å². The summed E-state index contributed by atoms with van der Waals surface area (Å²) in [6.45, 7) is 1.17. The van der Waals surface area contributed by atoms with Gasteiger partial charge in [-0.1, -0.05) is 0 Å². The van der Waals surface area contributed by atoms with E-state index in [0.29, 0.717) is 0 Å². The monoisotopic (exact) mass is 543 g/mol. The van der Waals surface area contributed by atoms with E-state index in [1.807, 2.05) is 0 Å². The first-order chi connectivity index (χ1) is 17.4. The van der Waals surface area contributed by atoms with Crippen LogP contribution in [0.25, 0.3) is 0 Å². The van der Waals surface area contributed by atoms with Crippen molar-refractivity contribution in [2.45, 2.75) is 106 Å². The fourth-order valence-electron chi connectivity index (χ4n) is 4.63. The summed E-state index contributed by atoms with van der Waals surface area (Å²) in [6, 6.07) is -1.33. The Morgan fingerprint density at radius 3 is 1.95 bits per heavy atom. The molecule has 37 heavy (non-hydrogen) atoms. The van der Waals surface area contributed by atoms with Gasteiger partial charge in [0, 0.05) is 14.0 Å². The Bertz CT molecular complexity index is 747. The summed E-state index contributed by atoms with van der Waals surface area (Å²) in [5, 5.41) is 84.0. The third-order valence-corrected chi connectivity index (χ3v) is 6.70. The summed E-state index contributed by atoms with van der Waals surface area (Å²) in [5.41, 5.74) is 0. The molecule has 0 aromatic rings. The van der Waals surface area contributed by atoms with Gasteiger partial charge in [0.25, 0.3) is 0 Å². The summed E-state index contributed by atoms with van der Waals surface area (Å²) in [5.74, 6) is -0.582. The first kappa shape index (κ1) is 30.5. The predicted octanol–water partition coefficient (Wildman–Crippen LogP) is -5.75. The van der Waals surface area contributed by atoms with E-state index in [1.165, 1.54) is 14.0 Å². The Labute approximate surface area is 212 Å². The average molecular weight is 544 g/mol. The Morgan fingerprint density at radius 2 is 1.38 bits per heavy atom. The van der Waals surface area contributed by atoms with Gasteiger partial charge in [-0.05, 0) is 6.92 Å². The molecule has 0 radical (unpaired) electrons. The molecule has 3 aliphatic rings. The highest BCUT2D eigenvalue weighted by molar-refractivity contribution is 5.73. The van der Waals surface area contributed by atoms with Crippen LogP contribution in [0.15, 0.2) is 0 Å². The number of hydrogen-bond donors (Lipinski definition) is 9. The maximum absolute atomic E-state index is 11.5. The SMILES string of the molecule is CO[C@H]1[C@H](O[C@H]2[C@H](O)[C@@H](NC(C)=O)[C@H](O)O[C@@H]2CO)O[C@H](CO)[C@H](O)[C@@H]1O[C@@H]1O[C@@H](C)[C@@H](O)[C@@H](O)[C@@H]1O. The lowest BCUT2D eigenvalue weighted by Crippen LogP contribution is -2.68. The number of carbonyl (C=O) groups excluding carboxylic acids is 1. The van der Waals surface area contributed by atoms with Gasteiger partial charge in [0.15, 0.2) is 18.9 Å². The molecule has 0 spiro atoms. The maximum atomic E-state index is 11.5. The summed E-state index contributed by atoms with van der Waals surface area (Å²) in [6.07, 6.45) is -20.2. The number of rotatable bonds is 8. The van der Waals surface area contributed by atoms with E-state index in [0.717, 1.165) is 6.92 Å². The van der Waals surface area contributed by atoms with E-state index in [2.05, 4.69) is 5.32 Å². The van der Waals surface area contributed by atoms with Crippen LogP contribution < -0.4 is 5.32 Å². The fourth-order valence-corrected chi connectivity index (χ4v) is 4.63. The second-order valence-corrected chi connectivity index (χ2v) is 9.26. The minimum atomic E-state index is -1.71. The number of amides is 1. The molecule has 0 saturated carbocycles. The van der Waals surface area contributed by atoms with Crippen LogP contribution in [-0.4, -0.2) is 159 Å². The molecule has 0 aromatic carbocycles. The molecular formula is C21H37NO15. The van der Waals surface area contributed by atoms with Crippen molar-refractivity contribution in [2.75, 3.05) is 20.3 Å². The minimum absolute atomic E-state index is 0.582. The van der Waals surface area contributed by atoms with Gasteiger partial charge in [-0.25, -0.2) is 0 Å². The maximum Gasteiger partial charge on any atom is 0.217 e. The molecule has 15 atom stereocenters. The standard InChI is InChI=1S/C21H37NO15/c1-6-11(26)14(29)15(30)20(33-6)37-17-12(27)8(4-23)35-21(18(17)32-3)36-16-9(5-24)34-19(31)10(13(16)28)22-7(2)25/h6,8-21,23-24,26-31H,4-5H2,1-3H3,(H,22,25)/t6-,8+,9+,10+,11+,12-,13+,14+,15-,16+,17-,18+,19+,20-,21-/m0/s1. The van der Waals surface area contributed by atoms with Crippen molar-refractivity contribution >= 4 is 5.91 Å². The molecule has 3 heterocycles. The second-order valence-electron chi connectivity index (χ2n) is 9.26. The molecule has 0 aromatic heterocycles. The lowest BCUT2D eigenvalue weighted by molar-refractivity contribution is -0.375. The molecule has 16 nitrogen and oxygen atoms in total. The molecule has 0 unspecified atom stereocenters. The first-order valence-corrected chi connectivity index (χ1v) is 11.8. The molecule has 3 saturated heterocycles. The van der Waals surface area contributed by atoms with Gasteiger partial charge in [-0.15, -0.1) is 0 Å². The third-order valence-electron chi connectivity index (χ3n) is 6.70. The summed E-state index contributed by atoms with van der Waals surface area (Å²) < 4.78 is 33.4. The van der Waals surface area contributed by atoms with Gasteiger partial charge in [0.2, 0.25) is 5.91 Å². The number of aliphatic hydroxyl groups excluding tert-OH is 8. The van der Waals surface area contributed by atoms with Gasteiger partial charge in [0.1, 0.15) is 67.1 Å². The van der Waals surface area contributed by atoms with Gasteiger partial charge < -0.3 is 74.6 Å². The predicted molar refractivity (Wildman–Crippen MR) is 116 cm³/mol. The Balaban J connectivity index is 1.84. The Morgan fingerprint density at radius 1 is 0.757 bits per heavy atom. The largest absolute Gasteiger partial charge is 0.394 e. The normalized spacial score (nSPS) is 49.0. The van der Waals surface area contributed by atoms with E-state index in [-0.39, 0.29) is 0 Å². The number of nitrogens with one attached hydrogen (secondary N) is 1. The first-order valence-electron chi connectivity index (χ1n) is 11.8. The summed E-state index contributed by atoms with van der Waals surface area (Å²) in [4.78, 5) is 11.5. The molecule has 0 bridgehead atoms. The van der Waals surface area contributed by atoms with Gasteiger partial charge in [-0.3, -0.25) is 4.79 Å². The zero-order chi connectivity index (χ0) is 27.6. The van der Waals surface area contributed by atoms with Crippen molar-refractivity contribution in [3.05, 3.63) is 0 Å². The van der Waals surface area contributed by atoms with Gasteiger partial charge in [-0.2, -0.15) is 0 Å². The number of ether oxygens (including phenoxy) is 6. The number of aliphatic hydroxyl groups is 8. The van der Waals surface area contributed by atoms with Crippen molar-refractivity contribution in [2.24, 2.45) is 0 Å². The van der Waals surface area contributed by atoms with Crippen LogP contribution in [-0.2, 0) is 33.2 Å². The lowest BCUT2D eigenvalue weighted by atomic mass is 9.95. The molecule has 3 aliphatic heterocycles. The van der Waals surface area contributed by atoms with Crippen LogP contribution in [0.5, 0.6) is 0 Å². The molecule has 16 heteroatoms. The van der Waals surface area contributed by atoms with Crippen LogP contribution in [0.1, 0.15) is 13.8 Å². The Kier molecular flexibility index (Phi) is 10.6. The topological polar surface area (TPSA) is 246 Å². The highest BCUT2D eigenvalue weighted by atomic mass is 16.8. The second kappa shape index (κ2) is 12.8.